The van der Waals surface area contributed by atoms with Gasteiger partial charge in [0.25, 0.3) is 0 Å². The first-order valence-electron chi connectivity index (χ1n) is 7.45. The van der Waals surface area contributed by atoms with Gasteiger partial charge in [-0.25, -0.2) is 9.50 Å². The Kier molecular flexibility index (Phi) is 4.62. The third-order valence-electron chi connectivity index (χ3n) is 3.21. The van der Waals surface area contributed by atoms with Crippen molar-refractivity contribution in [3.8, 4) is 11.3 Å². The van der Waals surface area contributed by atoms with E-state index in [1.807, 2.05) is 56.4 Å². The maximum Gasteiger partial charge on any atom is 0.230 e. The molecule has 3 aromatic rings. The number of aromatic nitrogens is 3. The molecule has 5 nitrogen and oxygen atoms in total. The van der Waals surface area contributed by atoms with E-state index in [9.17, 15) is 4.79 Å². The van der Waals surface area contributed by atoms with Crippen molar-refractivity contribution in [1.82, 2.24) is 19.9 Å². The molecule has 6 heteroatoms. The lowest BCUT2D eigenvalue weighted by Crippen LogP contribution is -2.31. The van der Waals surface area contributed by atoms with Crippen LogP contribution in [-0.4, -0.2) is 32.3 Å². The number of nitrogens with zero attached hydrogens (tertiary/aromatic N) is 3. The average molecular weight is 326 g/mol. The van der Waals surface area contributed by atoms with Gasteiger partial charge < -0.3 is 5.32 Å². The number of rotatable bonds is 5. The molecular formula is C17H18N4OS. The van der Waals surface area contributed by atoms with Crippen LogP contribution in [0.15, 0.2) is 53.8 Å². The standard InChI is InChI=1S/C17H18N4OS/c1-12(2)19-16(22)11-23-17-15-10-14(13-6-4-3-5-7-13)20-21(15)9-8-18-17/h3-10,12H,11H2,1-2H3,(H,19,22). The van der Waals surface area contributed by atoms with Crippen LogP contribution in [0.4, 0.5) is 0 Å². The lowest BCUT2D eigenvalue weighted by molar-refractivity contribution is -0.119. The Morgan fingerprint density at radius 1 is 1.30 bits per heavy atom. The number of hydrogen-bond acceptors (Lipinski definition) is 4. The second kappa shape index (κ2) is 6.83. The van der Waals surface area contributed by atoms with Gasteiger partial charge in [-0.3, -0.25) is 4.79 Å². The summed E-state index contributed by atoms with van der Waals surface area (Å²) in [5.74, 6) is 0.355. The Labute approximate surface area is 139 Å². The minimum Gasteiger partial charge on any atom is -0.353 e. The molecule has 1 aromatic carbocycles. The largest absolute Gasteiger partial charge is 0.353 e. The predicted octanol–water partition coefficient (Wildman–Crippen LogP) is 3.01. The smallest absolute Gasteiger partial charge is 0.230 e. The molecule has 0 aliphatic carbocycles. The van der Waals surface area contributed by atoms with Crippen LogP contribution < -0.4 is 5.32 Å². The van der Waals surface area contributed by atoms with E-state index in [0.717, 1.165) is 21.8 Å². The summed E-state index contributed by atoms with van der Waals surface area (Å²) >= 11 is 1.42. The molecule has 0 radical (unpaired) electrons. The van der Waals surface area contributed by atoms with Crippen LogP contribution in [0.25, 0.3) is 16.8 Å². The zero-order valence-corrected chi connectivity index (χ0v) is 13.9. The Balaban J connectivity index is 1.84. The molecule has 3 rings (SSSR count). The number of fused-ring (bicyclic) bond motifs is 1. The van der Waals surface area contributed by atoms with Gasteiger partial charge >= 0.3 is 0 Å². The van der Waals surface area contributed by atoms with E-state index in [4.69, 9.17) is 0 Å². The molecule has 0 unspecified atom stereocenters. The Bertz CT molecular complexity index is 814. The van der Waals surface area contributed by atoms with E-state index < -0.39 is 0 Å². The van der Waals surface area contributed by atoms with E-state index in [1.54, 1.807) is 10.7 Å². The summed E-state index contributed by atoms with van der Waals surface area (Å²) in [7, 11) is 0. The number of carbonyl (C=O) groups is 1. The molecule has 0 aliphatic rings. The molecule has 2 heterocycles. The van der Waals surface area contributed by atoms with E-state index >= 15 is 0 Å². The zero-order chi connectivity index (χ0) is 16.2. The van der Waals surface area contributed by atoms with Crippen LogP contribution in [0.1, 0.15) is 13.8 Å². The van der Waals surface area contributed by atoms with Gasteiger partial charge in [0.15, 0.2) is 0 Å². The van der Waals surface area contributed by atoms with Crippen LogP contribution in [-0.2, 0) is 4.79 Å². The summed E-state index contributed by atoms with van der Waals surface area (Å²) in [6.45, 7) is 3.90. The van der Waals surface area contributed by atoms with Crippen LogP contribution >= 0.6 is 11.8 Å². The molecule has 0 bridgehead atoms. The van der Waals surface area contributed by atoms with Crippen molar-refractivity contribution in [2.45, 2.75) is 24.9 Å². The highest BCUT2D eigenvalue weighted by Crippen LogP contribution is 2.25. The molecule has 1 N–H and O–H groups in total. The highest BCUT2D eigenvalue weighted by molar-refractivity contribution is 8.00. The maximum absolute atomic E-state index is 11.8. The molecule has 23 heavy (non-hydrogen) atoms. The van der Waals surface area contributed by atoms with Crippen molar-refractivity contribution in [2.24, 2.45) is 0 Å². The monoisotopic (exact) mass is 326 g/mol. The molecule has 0 aliphatic heterocycles. The normalized spacial score (nSPS) is 11.1. The van der Waals surface area contributed by atoms with Gasteiger partial charge in [-0.05, 0) is 19.9 Å². The third kappa shape index (κ3) is 3.71. The van der Waals surface area contributed by atoms with Crippen LogP contribution in [0, 0.1) is 0 Å². The molecule has 0 saturated heterocycles. The number of thioether (sulfide) groups is 1. The van der Waals surface area contributed by atoms with E-state index in [0.29, 0.717) is 5.75 Å². The molecule has 0 atom stereocenters. The van der Waals surface area contributed by atoms with Crippen molar-refractivity contribution in [3.05, 3.63) is 48.8 Å². The fourth-order valence-electron chi connectivity index (χ4n) is 2.26. The van der Waals surface area contributed by atoms with Gasteiger partial charge in [-0.2, -0.15) is 5.10 Å². The van der Waals surface area contributed by atoms with Crippen LogP contribution in [0.2, 0.25) is 0 Å². The van der Waals surface area contributed by atoms with Crippen molar-refractivity contribution in [1.29, 1.82) is 0 Å². The van der Waals surface area contributed by atoms with Crippen molar-refractivity contribution in [3.63, 3.8) is 0 Å². The van der Waals surface area contributed by atoms with E-state index in [2.05, 4.69) is 15.4 Å². The number of carbonyl (C=O) groups excluding carboxylic acids is 1. The Morgan fingerprint density at radius 2 is 2.09 bits per heavy atom. The highest BCUT2D eigenvalue weighted by Gasteiger charge is 2.11. The minimum atomic E-state index is 0.0107. The summed E-state index contributed by atoms with van der Waals surface area (Å²) in [4.78, 5) is 16.2. The number of benzene rings is 1. The first kappa shape index (κ1) is 15.6. The fraction of sp³-hybridized carbons (Fsp3) is 0.235. The molecular weight excluding hydrogens is 308 g/mol. The highest BCUT2D eigenvalue weighted by atomic mass is 32.2. The SMILES string of the molecule is CC(C)NC(=O)CSc1nccn2nc(-c3ccccc3)cc12. The van der Waals surface area contributed by atoms with Crippen LogP contribution in [0.5, 0.6) is 0 Å². The average Bonchev–Trinajstić information content (AvgIpc) is 2.98. The topological polar surface area (TPSA) is 59.3 Å². The Hall–Kier alpha value is -2.34. The fourth-order valence-corrected chi connectivity index (χ4v) is 3.04. The zero-order valence-electron chi connectivity index (χ0n) is 13.1. The summed E-state index contributed by atoms with van der Waals surface area (Å²) in [5.41, 5.74) is 2.87. The van der Waals surface area contributed by atoms with Gasteiger partial charge in [0.05, 0.1) is 17.0 Å². The molecule has 0 spiro atoms. The molecule has 1 amide bonds. The lowest BCUT2D eigenvalue weighted by atomic mass is 10.1. The molecule has 118 valence electrons. The van der Waals surface area contributed by atoms with E-state index in [-0.39, 0.29) is 11.9 Å². The van der Waals surface area contributed by atoms with Gasteiger partial charge in [0, 0.05) is 24.0 Å². The quantitative estimate of drug-likeness (QED) is 0.732. The van der Waals surface area contributed by atoms with Gasteiger partial charge in [-0.1, -0.05) is 42.1 Å². The van der Waals surface area contributed by atoms with Gasteiger partial charge in [0.2, 0.25) is 5.91 Å². The maximum atomic E-state index is 11.8. The van der Waals surface area contributed by atoms with Crippen molar-refractivity contribution < 1.29 is 4.79 Å². The molecule has 2 aromatic heterocycles. The summed E-state index contributed by atoms with van der Waals surface area (Å²) in [6, 6.07) is 12.2. The van der Waals surface area contributed by atoms with Gasteiger partial charge in [-0.15, -0.1) is 0 Å². The Morgan fingerprint density at radius 3 is 2.83 bits per heavy atom. The number of amides is 1. The van der Waals surface area contributed by atoms with Crippen LogP contribution in [0.3, 0.4) is 0 Å². The van der Waals surface area contributed by atoms with Crippen molar-refractivity contribution >= 4 is 23.2 Å². The molecule has 0 fully saturated rings. The third-order valence-corrected chi connectivity index (χ3v) is 4.21. The molecule has 0 saturated carbocycles. The lowest BCUT2D eigenvalue weighted by Gasteiger charge is -2.07. The second-order valence-corrected chi connectivity index (χ2v) is 6.43. The first-order valence-corrected chi connectivity index (χ1v) is 8.44. The first-order chi connectivity index (χ1) is 11.1. The predicted molar refractivity (Wildman–Crippen MR) is 92.4 cm³/mol. The van der Waals surface area contributed by atoms with Crippen molar-refractivity contribution in [2.75, 3.05) is 5.75 Å². The summed E-state index contributed by atoms with van der Waals surface area (Å²) in [6.07, 6.45) is 3.53. The second-order valence-electron chi connectivity index (χ2n) is 5.47. The summed E-state index contributed by atoms with van der Waals surface area (Å²) < 4.78 is 1.80. The number of nitrogens with one attached hydrogen (secondary N) is 1. The van der Waals surface area contributed by atoms with E-state index in [1.165, 1.54) is 11.8 Å². The van der Waals surface area contributed by atoms with Gasteiger partial charge in [0.1, 0.15) is 5.03 Å². The summed E-state index contributed by atoms with van der Waals surface area (Å²) in [5, 5.41) is 8.27. The number of hydrogen-bond donors (Lipinski definition) is 1. The minimum absolute atomic E-state index is 0.0107.